The van der Waals surface area contributed by atoms with Crippen molar-refractivity contribution in [2.24, 2.45) is 0 Å². The second-order valence-corrected chi connectivity index (χ2v) is 7.19. The fraction of sp³-hybridized carbons (Fsp3) is 0.409. The van der Waals surface area contributed by atoms with Gasteiger partial charge in [0.05, 0.1) is 6.42 Å². The first kappa shape index (κ1) is 17.7. The van der Waals surface area contributed by atoms with Crippen molar-refractivity contribution in [3.05, 3.63) is 70.3 Å². The molecule has 1 amide bonds. The van der Waals surface area contributed by atoms with E-state index < -0.39 is 0 Å². The van der Waals surface area contributed by atoms with E-state index in [-0.39, 0.29) is 5.91 Å². The van der Waals surface area contributed by atoms with E-state index >= 15 is 0 Å². The van der Waals surface area contributed by atoms with Crippen molar-refractivity contribution >= 4 is 5.91 Å². The lowest BCUT2D eigenvalue weighted by atomic mass is 10.0. The summed E-state index contributed by atoms with van der Waals surface area (Å²) in [7, 11) is 0. The Balaban J connectivity index is 1.53. The third-order valence-corrected chi connectivity index (χ3v) is 4.94. The number of nitrogens with zero attached hydrogens (tertiary/aromatic N) is 1. The molecule has 0 spiro atoms. The van der Waals surface area contributed by atoms with Gasteiger partial charge in [0.25, 0.3) is 0 Å². The number of hydrogen-bond acceptors (Lipinski definition) is 2. The predicted molar refractivity (Wildman–Crippen MR) is 102 cm³/mol. The van der Waals surface area contributed by atoms with Crippen LogP contribution in [-0.4, -0.2) is 23.9 Å². The zero-order chi connectivity index (χ0) is 17.6. The minimum atomic E-state index is 0.0805. The number of benzene rings is 2. The Morgan fingerprint density at radius 3 is 2.56 bits per heavy atom. The number of likely N-dealkylation sites (tertiary alicyclic amines) is 1. The van der Waals surface area contributed by atoms with Gasteiger partial charge in [0.15, 0.2) is 0 Å². The van der Waals surface area contributed by atoms with Gasteiger partial charge in [-0.3, -0.25) is 9.69 Å². The van der Waals surface area contributed by atoms with E-state index in [9.17, 15) is 4.79 Å². The molecule has 1 aliphatic rings. The lowest BCUT2D eigenvalue weighted by Crippen LogP contribution is -2.25. The third kappa shape index (κ3) is 5.17. The molecule has 1 heterocycles. The fourth-order valence-electron chi connectivity index (χ4n) is 3.52. The van der Waals surface area contributed by atoms with Crippen LogP contribution < -0.4 is 5.32 Å². The summed E-state index contributed by atoms with van der Waals surface area (Å²) in [4.78, 5) is 14.8. The lowest BCUT2D eigenvalue weighted by molar-refractivity contribution is -0.120. The Hall–Kier alpha value is -2.13. The van der Waals surface area contributed by atoms with E-state index in [1.165, 1.54) is 48.2 Å². The topological polar surface area (TPSA) is 32.3 Å². The molecule has 1 aliphatic heterocycles. The molecule has 1 N–H and O–H groups in total. The summed E-state index contributed by atoms with van der Waals surface area (Å²) in [6.45, 7) is 8.17. The summed E-state index contributed by atoms with van der Waals surface area (Å²) >= 11 is 0. The Labute approximate surface area is 151 Å². The van der Waals surface area contributed by atoms with Gasteiger partial charge in [0, 0.05) is 13.1 Å². The van der Waals surface area contributed by atoms with E-state index in [1.54, 1.807) is 0 Å². The molecular formula is C22H28N2O. The molecule has 3 heteroatoms. The fourth-order valence-corrected chi connectivity index (χ4v) is 3.52. The van der Waals surface area contributed by atoms with Crippen LogP contribution in [0.25, 0.3) is 0 Å². The maximum Gasteiger partial charge on any atom is 0.224 e. The first-order valence-electron chi connectivity index (χ1n) is 9.23. The Morgan fingerprint density at radius 1 is 1.04 bits per heavy atom. The SMILES string of the molecule is Cc1ccc(CC(=O)NCc2cccc(CN3CCCC3)c2)c(C)c1. The van der Waals surface area contributed by atoms with Gasteiger partial charge in [-0.1, -0.05) is 48.0 Å². The maximum atomic E-state index is 12.3. The molecule has 25 heavy (non-hydrogen) atoms. The monoisotopic (exact) mass is 336 g/mol. The van der Waals surface area contributed by atoms with Gasteiger partial charge in [-0.05, 0) is 62.0 Å². The van der Waals surface area contributed by atoms with Gasteiger partial charge in [-0.15, -0.1) is 0 Å². The standard InChI is InChI=1S/C22H28N2O/c1-17-8-9-21(18(2)12-17)14-22(25)23-15-19-6-5-7-20(13-19)16-24-10-3-4-11-24/h5-9,12-13H,3-4,10-11,14-16H2,1-2H3,(H,23,25). The second-order valence-electron chi connectivity index (χ2n) is 7.19. The molecule has 1 saturated heterocycles. The number of carbonyl (C=O) groups excluding carboxylic acids is 1. The quantitative estimate of drug-likeness (QED) is 0.871. The van der Waals surface area contributed by atoms with Crippen molar-refractivity contribution in [1.82, 2.24) is 10.2 Å². The van der Waals surface area contributed by atoms with Crippen LogP contribution in [0, 0.1) is 13.8 Å². The van der Waals surface area contributed by atoms with Crippen molar-refractivity contribution in [2.45, 2.75) is 46.2 Å². The normalized spacial score (nSPS) is 14.6. The minimum Gasteiger partial charge on any atom is -0.352 e. The van der Waals surface area contributed by atoms with Crippen molar-refractivity contribution in [3.8, 4) is 0 Å². The Morgan fingerprint density at radius 2 is 1.80 bits per heavy atom. The van der Waals surface area contributed by atoms with E-state index in [4.69, 9.17) is 0 Å². The number of nitrogens with one attached hydrogen (secondary N) is 1. The van der Waals surface area contributed by atoms with Gasteiger partial charge in [-0.25, -0.2) is 0 Å². The molecule has 0 aliphatic carbocycles. The van der Waals surface area contributed by atoms with Crippen LogP contribution in [0.4, 0.5) is 0 Å². The molecular weight excluding hydrogens is 308 g/mol. The zero-order valence-electron chi connectivity index (χ0n) is 15.3. The van der Waals surface area contributed by atoms with Crippen LogP contribution in [-0.2, 0) is 24.3 Å². The number of carbonyl (C=O) groups is 1. The van der Waals surface area contributed by atoms with E-state index in [0.29, 0.717) is 13.0 Å². The minimum absolute atomic E-state index is 0.0805. The molecule has 3 rings (SSSR count). The maximum absolute atomic E-state index is 12.3. The summed E-state index contributed by atoms with van der Waals surface area (Å²) in [5, 5.41) is 3.06. The predicted octanol–water partition coefficient (Wildman–Crippen LogP) is 3.76. The second kappa shape index (κ2) is 8.30. The molecule has 0 bridgehead atoms. The van der Waals surface area contributed by atoms with Crippen LogP contribution >= 0.6 is 0 Å². The lowest BCUT2D eigenvalue weighted by Gasteiger charge is -2.15. The largest absolute Gasteiger partial charge is 0.352 e. The van der Waals surface area contributed by atoms with Crippen LogP contribution in [0.15, 0.2) is 42.5 Å². The van der Waals surface area contributed by atoms with Crippen LogP contribution in [0.1, 0.15) is 40.7 Å². The molecule has 0 atom stereocenters. The van der Waals surface area contributed by atoms with Crippen LogP contribution in [0.2, 0.25) is 0 Å². The highest BCUT2D eigenvalue weighted by atomic mass is 16.1. The van der Waals surface area contributed by atoms with Crippen molar-refractivity contribution < 1.29 is 4.79 Å². The van der Waals surface area contributed by atoms with E-state index in [2.05, 4.69) is 66.5 Å². The molecule has 132 valence electrons. The van der Waals surface area contributed by atoms with Crippen LogP contribution in [0.3, 0.4) is 0 Å². The highest BCUT2D eigenvalue weighted by Gasteiger charge is 2.12. The summed E-state index contributed by atoms with van der Waals surface area (Å²) < 4.78 is 0. The molecule has 0 aromatic heterocycles. The molecule has 2 aromatic carbocycles. The Kier molecular flexibility index (Phi) is 5.87. The first-order chi connectivity index (χ1) is 12.1. The average Bonchev–Trinajstić information content (AvgIpc) is 3.09. The van der Waals surface area contributed by atoms with Gasteiger partial charge in [-0.2, -0.15) is 0 Å². The molecule has 2 aromatic rings. The summed E-state index contributed by atoms with van der Waals surface area (Å²) in [5.41, 5.74) is 6.03. The van der Waals surface area contributed by atoms with Crippen molar-refractivity contribution in [2.75, 3.05) is 13.1 Å². The van der Waals surface area contributed by atoms with Gasteiger partial charge in [0.2, 0.25) is 5.91 Å². The number of hydrogen-bond donors (Lipinski definition) is 1. The van der Waals surface area contributed by atoms with Crippen molar-refractivity contribution in [3.63, 3.8) is 0 Å². The summed E-state index contributed by atoms with van der Waals surface area (Å²) in [6.07, 6.45) is 3.07. The van der Waals surface area contributed by atoms with E-state index in [0.717, 1.165) is 12.1 Å². The summed E-state index contributed by atoms with van der Waals surface area (Å²) in [5.74, 6) is 0.0805. The number of rotatable bonds is 6. The van der Waals surface area contributed by atoms with E-state index in [1.807, 2.05) is 0 Å². The smallest absolute Gasteiger partial charge is 0.224 e. The molecule has 0 unspecified atom stereocenters. The van der Waals surface area contributed by atoms with Gasteiger partial charge in [0.1, 0.15) is 0 Å². The van der Waals surface area contributed by atoms with Gasteiger partial charge >= 0.3 is 0 Å². The van der Waals surface area contributed by atoms with Crippen molar-refractivity contribution in [1.29, 1.82) is 0 Å². The van der Waals surface area contributed by atoms with Gasteiger partial charge < -0.3 is 5.32 Å². The average molecular weight is 336 g/mol. The highest BCUT2D eigenvalue weighted by molar-refractivity contribution is 5.78. The summed E-state index contributed by atoms with van der Waals surface area (Å²) in [6, 6.07) is 14.8. The van der Waals surface area contributed by atoms with Crippen LogP contribution in [0.5, 0.6) is 0 Å². The molecule has 3 nitrogen and oxygen atoms in total. The number of amides is 1. The Bertz CT molecular complexity index is 733. The highest BCUT2D eigenvalue weighted by Crippen LogP contribution is 2.14. The third-order valence-electron chi connectivity index (χ3n) is 4.94. The number of aryl methyl sites for hydroxylation is 2. The molecule has 0 saturated carbocycles. The molecule has 1 fully saturated rings. The first-order valence-corrected chi connectivity index (χ1v) is 9.23. The zero-order valence-corrected chi connectivity index (χ0v) is 15.3. The molecule has 0 radical (unpaired) electrons.